The maximum atomic E-state index is 10.1. The van der Waals surface area contributed by atoms with E-state index in [2.05, 4.69) is 10.6 Å². The molecule has 68 valence electrons. The molecule has 0 bridgehead atoms. The first-order valence-corrected chi connectivity index (χ1v) is 3.62. The predicted molar refractivity (Wildman–Crippen MR) is 46.2 cm³/mol. The van der Waals surface area contributed by atoms with Gasteiger partial charge in [0.15, 0.2) is 0 Å². The van der Waals surface area contributed by atoms with Crippen LogP contribution in [0.15, 0.2) is 0 Å². The van der Waals surface area contributed by atoms with E-state index in [0.717, 1.165) is 19.4 Å². The van der Waals surface area contributed by atoms with Crippen molar-refractivity contribution in [2.45, 2.75) is 19.8 Å². The van der Waals surface area contributed by atoms with Gasteiger partial charge in [0.05, 0.1) is 0 Å². The van der Waals surface area contributed by atoms with Gasteiger partial charge in [-0.2, -0.15) is 0 Å². The number of nitrogens with one attached hydrogen (secondary N) is 2. The van der Waals surface area contributed by atoms with Crippen LogP contribution in [0.5, 0.6) is 0 Å². The van der Waals surface area contributed by atoms with Crippen LogP contribution in [0.3, 0.4) is 0 Å². The lowest BCUT2D eigenvalue weighted by Gasteiger charge is -1.80. The highest BCUT2D eigenvalue weighted by Gasteiger charge is 2.05. The third-order valence-corrected chi connectivity index (χ3v) is 1.25. The Balaban J connectivity index is -0.000000136. The summed E-state index contributed by atoms with van der Waals surface area (Å²) in [5.74, 6) is 0.208. The van der Waals surface area contributed by atoms with Crippen LogP contribution in [-0.2, 0) is 9.59 Å². The minimum absolute atomic E-state index is 0. The Bertz CT molecular complexity index is 145. The highest BCUT2D eigenvalue weighted by molar-refractivity contribution is 5.77. The monoisotopic (exact) mass is 162 g/mol. The highest BCUT2D eigenvalue weighted by Crippen LogP contribution is 1.93. The molecule has 0 aliphatic carbocycles. The van der Waals surface area contributed by atoms with Crippen molar-refractivity contribution in [3.8, 4) is 0 Å². The van der Waals surface area contributed by atoms with Crippen LogP contribution < -0.4 is 10.6 Å². The van der Waals surface area contributed by atoms with Crippen molar-refractivity contribution >= 4 is 11.8 Å². The molecule has 0 aromatic rings. The molecule has 11 heavy (non-hydrogen) atoms. The van der Waals surface area contributed by atoms with E-state index < -0.39 is 0 Å². The highest BCUT2D eigenvalue weighted by atomic mass is 16.2. The second kappa shape index (κ2) is 5.70. The normalized spacial score (nSPS) is 14.5. The van der Waals surface area contributed by atoms with Crippen molar-refractivity contribution in [3.05, 3.63) is 0 Å². The third-order valence-electron chi connectivity index (χ3n) is 1.25. The van der Waals surface area contributed by atoms with Gasteiger partial charge in [-0.3, -0.25) is 9.59 Å². The van der Waals surface area contributed by atoms with Crippen molar-refractivity contribution in [3.63, 3.8) is 0 Å². The van der Waals surface area contributed by atoms with E-state index >= 15 is 0 Å². The molecule has 0 unspecified atom stereocenters. The molecule has 1 saturated heterocycles. The van der Waals surface area contributed by atoms with Crippen LogP contribution >= 0.6 is 0 Å². The van der Waals surface area contributed by atoms with Crippen LogP contribution in [0.4, 0.5) is 0 Å². The van der Waals surface area contributed by atoms with Crippen molar-refractivity contribution < 1.29 is 12.4 Å². The Kier molecular flexibility index (Phi) is 5.15. The van der Waals surface area contributed by atoms with Gasteiger partial charge in [-0.1, -0.05) is 0 Å². The molecule has 0 aromatic carbocycles. The molecule has 1 aliphatic heterocycles. The Morgan fingerprint density at radius 2 is 2.27 bits per heavy atom. The van der Waals surface area contributed by atoms with Gasteiger partial charge in [-0.15, -0.1) is 0 Å². The summed E-state index contributed by atoms with van der Waals surface area (Å²) in [6.07, 6.45) is 1.76. The van der Waals surface area contributed by atoms with Crippen LogP contribution in [0.1, 0.15) is 22.6 Å². The van der Waals surface area contributed by atoms with Crippen LogP contribution in [0.2, 0.25) is 0 Å². The average Bonchev–Trinajstić information content (AvgIpc) is 2.41. The van der Waals surface area contributed by atoms with Gasteiger partial charge in [-0.25, -0.2) is 0 Å². The fraction of sp³-hybridized carbons (Fsp3) is 0.714. The summed E-state index contributed by atoms with van der Waals surface area (Å²) in [7, 11) is 1.60. The summed E-state index contributed by atoms with van der Waals surface area (Å²) in [4.78, 5) is 19.8. The molecule has 0 radical (unpaired) electrons. The lowest BCUT2D eigenvalue weighted by Crippen LogP contribution is -2.12. The molecular weight excluding hydrogens is 144 g/mol. The first-order chi connectivity index (χ1) is 5.16. The van der Waals surface area contributed by atoms with E-state index in [4.69, 9.17) is 0 Å². The zero-order chi connectivity index (χ0) is 8.69. The van der Waals surface area contributed by atoms with Gasteiger partial charge in [0.2, 0.25) is 11.8 Å². The van der Waals surface area contributed by atoms with Gasteiger partial charge in [0.25, 0.3) is 0 Å². The van der Waals surface area contributed by atoms with Gasteiger partial charge >= 0.3 is 0 Å². The first kappa shape index (κ1) is 9.94. The molecule has 0 saturated carbocycles. The molecule has 0 spiro atoms. The average molecular weight is 162 g/mol. The largest absolute Gasteiger partial charge is 0.359 e. The fourth-order valence-electron chi connectivity index (χ4n) is 0.565. The Morgan fingerprint density at radius 3 is 2.36 bits per heavy atom. The molecule has 4 nitrogen and oxygen atoms in total. The smallest absolute Gasteiger partial charge is 0.220 e. The van der Waals surface area contributed by atoms with Gasteiger partial charge in [-0.05, 0) is 6.42 Å². The summed E-state index contributed by atoms with van der Waals surface area (Å²) in [6, 6.07) is 0. The van der Waals surface area contributed by atoms with Crippen LogP contribution in [-0.4, -0.2) is 25.4 Å². The molecule has 0 atom stereocenters. The van der Waals surface area contributed by atoms with E-state index in [9.17, 15) is 9.59 Å². The molecule has 0 aromatic heterocycles. The number of hydrogen-bond donors (Lipinski definition) is 2. The first-order valence-electron chi connectivity index (χ1n) is 3.62. The summed E-state index contributed by atoms with van der Waals surface area (Å²) in [5.41, 5.74) is 0. The standard InChI is InChI=1S/C4H7NO.C3H7NO.2H2/c6-4-2-1-3-5-4;1-3(5)4-2;;/h1-3H2,(H,5,6);1-2H3,(H,4,5);2*1H. The van der Waals surface area contributed by atoms with E-state index in [1.54, 1.807) is 7.05 Å². The SMILES string of the molecule is CNC(C)=O.O=C1CCCN1.[HH].[HH]. The number of rotatable bonds is 0. The van der Waals surface area contributed by atoms with Crippen LogP contribution in [0.25, 0.3) is 0 Å². The Hall–Kier alpha value is -1.06. The fourth-order valence-corrected chi connectivity index (χ4v) is 0.565. The zero-order valence-corrected chi connectivity index (χ0v) is 6.94. The molecule has 4 heteroatoms. The minimum Gasteiger partial charge on any atom is -0.359 e. The molecular formula is C7H18N2O2. The molecule has 2 amide bonds. The number of carbonyl (C=O) groups is 2. The predicted octanol–water partition coefficient (Wildman–Crippen LogP) is 0.141. The van der Waals surface area contributed by atoms with Gasteiger partial charge in [0.1, 0.15) is 0 Å². The van der Waals surface area contributed by atoms with Gasteiger partial charge < -0.3 is 10.6 Å². The lowest BCUT2D eigenvalue weighted by atomic mass is 10.4. The van der Waals surface area contributed by atoms with Crippen molar-refractivity contribution in [2.24, 2.45) is 0 Å². The summed E-state index contributed by atoms with van der Waals surface area (Å²) >= 11 is 0. The number of amides is 2. The zero-order valence-electron chi connectivity index (χ0n) is 6.94. The summed E-state index contributed by atoms with van der Waals surface area (Å²) < 4.78 is 0. The van der Waals surface area contributed by atoms with E-state index in [1.807, 2.05) is 0 Å². The van der Waals surface area contributed by atoms with Crippen molar-refractivity contribution in [2.75, 3.05) is 13.6 Å². The maximum absolute atomic E-state index is 10.1. The third kappa shape index (κ3) is 6.83. The second-order valence-electron chi connectivity index (χ2n) is 2.26. The molecule has 1 heterocycles. The molecule has 1 aliphatic rings. The van der Waals surface area contributed by atoms with E-state index in [1.165, 1.54) is 6.92 Å². The maximum Gasteiger partial charge on any atom is 0.220 e. The Labute approximate surface area is 69.3 Å². The molecule has 1 fully saturated rings. The molecule has 2 N–H and O–H groups in total. The Morgan fingerprint density at radius 1 is 1.73 bits per heavy atom. The van der Waals surface area contributed by atoms with E-state index in [-0.39, 0.29) is 14.7 Å². The van der Waals surface area contributed by atoms with Crippen LogP contribution in [0, 0.1) is 0 Å². The number of hydrogen-bond acceptors (Lipinski definition) is 2. The van der Waals surface area contributed by atoms with Gasteiger partial charge in [0, 0.05) is 29.8 Å². The topological polar surface area (TPSA) is 58.2 Å². The molecule has 1 rings (SSSR count). The minimum atomic E-state index is 0. The van der Waals surface area contributed by atoms with Crippen molar-refractivity contribution in [1.82, 2.24) is 10.6 Å². The lowest BCUT2D eigenvalue weighted by molar-refractivity contribution is -0.119. The quantitative estimate of drug-likeness (QED) is 0.532. The van der Waals surface area contributed by atoms with Crippen molar-refractivity contribution in [1.29, 1.82) is 0 Å². The summed E-state index contributed by atoms with van der Waals surface area (Å²) in [6.45, 7) is 2.36. The van der Waals surface area contributed by atoms with E-state index in [0.29, 0.717) is 0 Å². The summed E-state index contributed by atoms with van der Waals surface area (Å²) in [5, 5.41) is 5.07. The second-order valence-corrected chi connectivity index (χ2v) is 2.26. The number of carbonyl (C=O) groups excluding carboxylic acids is 2.